The van der Waals surface area contributed by atoms with Gasteiger partial charge in [0.15, 0.2) is 0 Å². The van der Waals surface area contributed by atoms with E-state index in [1.54, 1.807) is 0 Å². The molecule has 0 unspecified atom stereocenters. The van der Waals surface area contributed by atoms with Crippen LogP contribution in [0.15, 0.2) is 23.3 Å². The second kappa shape index (κ2) is 7.35. The normalized spacial score (nSPS) is 9.62. The van der Waals surface area contributed by atoms with E-state index in [1.807, 2.05) is 13.0 Å². The summed E-state index contributed by atoms with van der Waals surface area (Å²) in [6, 6.07) is 6.17. The average molecular weight is 331 g/mol. The third-order valence-electron chi connectivity index (χ3n) is 2.08. The molecule has 0 aromatic heterocycles. The average Bonchev–Trinajstić information content (AvgIpc) is 2.28. The molecule has 0 heterocycles. The Balaban J connectivity index is 2.55. The van der Waals surface area contributed by atoms with Crippen LogP contribution in [0.4, 0.5) is 0 Å². The number of rotatable bonds is 6. The van der Waals surface area contributed by atoms with E-state index in [2.05, 4.69) is 44.7 Å². The largest absolute Gasteiger partial charge is 0.493 e. The van der Waals surface area contributed by atoms with E-state index in [9.17, 15) is 0 Å². The van der Waals surface area contributed by atoms with Gasteiger partial charge in [-0.1, -0.05) is 11.2 Å². The molecule has 0 bridgehead atoms. The maximum atomic E-state index is 8.14. The van der Waals surface area contributed by atoms with Gasteiger partial charge in [0, 0.05) is 11.5 Å². The van der Waals surface area contributed by atoms with Crippen molar-refractivity contribution >= 4 is 22.6 Å². The number of hydrogen-bond acceptors (Lipinski definition) is 2. The number of ether oxygens (including phenoxy) is 1. The van der Waals surface area contributed by atoms with Crippen LogP contribution in [0.5, 0.6) is 5.75 Å². The number of benzene rings is 1. The molecule has 4 nitrogen and oxygen atoms in total. The van der Waals surface area contributed by atoms with Crippen molar-refractivity contribution < 1.29 is 4.74 Å². The van der Waals surface area contributed by atoms with E-state index >= 15 is 0 Å². The molecule has 0 aliphatic carbocycles. The van der Waals surface area contributed by atoms with Crippen molar-refractivity contribution in [3.05, 3.63) is 37.8 Å². The lowest BCUT2D eigenvalue weighted by atomic mass is 10.1. The van der Waals surface area contributed by atoms with Crippen LogP contribution in [0.1, 0.15) is 18.9 Å². The van der Waals surface area contributed by atoms with Gasteiger partial charge in [0.05, 0.1) is 10.2 Å². The van der Waals surface area contributed by atoms with Crippen LogP contribution in [-0.2, 0) is 6.42 Å². The fourth-order valence-electron chi connectivity index (χ4n) is 1.37. The standard InChI is InChI=1S/C11H14IN3O/c1-2-16-11-6-5-9(8-10(11)12)4-3-7-14-15-13/h5-6,8H,2-4,7H2,1H3. The van der Waals surface area contributed by atoms with Gasteiger partial charge in [0.1, 0.15) is 5.75 Å². The lowest BCUT2D eigenvalue weighted by molar-refractivity contribution is 0.337. The van der Waals surface area contributed by atoms with Crippen LogP contribution >= 0.6 is 22.6 Å². The van der Waals surface area contributed by atoms with Crippen molar-refractivity contribution in [2.75, 3.05) is 13.2 Å². The minimum Gasteiger partial charge on any atom is -0.493 e. The van der Waals surface area contributed by atoms with Gasteiger partial charge in [-0.25, -0.2) is 0 Å². The molecule has 1 rings (SSSR count). The highest BCUT2D eigenvalue weighted by Crippen LogP contribution is 2.22. The summed E-state index contributed by atoms with van der Waals surface area (Å²) in [6.45, 7) is 3.22. The van der Waals surface area contributed by atoms with Gasteiger partial charge in [0.25, 0.3) is 0 Å². The Labute approximate surface area is 109 Å². The molecule has 5 heteroatoms. The molecule has 0 aliphatic heterocycles. The summed E-state index contributed by atoms with van der Waals surface area (Å²) in [5.41, 5.74) is 9.39. The zero-order valence-corrected chi connectivity index (χ0v) is 11.3. The van der Waals surface area contributed by atoms with Crippen molar-refractivity contribution in [1.29, 1.82) is 0 Å². The Hall–Kier alpha value is -0.940. The first-order valence-corrected chi connectivity index (χ1v) is 6.28. The van der Waals surface area contributed by atoms with E-state index in [-0.39, 0.29) is 0 Å². The van der Waals surface area contributed by atoms with Crippen molar-refractivity contribution in [2.24, 2.45) is 5.11 Å². The molecule has 0 saturated heterocycles. The first-order valence-electron chi connectivity index (χ1n) is 5.20. The Bertz CT molecular complexity index is 389. The minimum absolute atomic E-state index is 0.556. The Morgan fingerprint density at radius 3 is 2.94 bits per heavy atom. The molecule has 0 amide bonds. The lowest BCUT2D eigenvalue weighted by Crippen LogP contribution is -1.95. The number of hydrogen-bond donors (Lipinski definition) is 0. The number of azide groups is 1. The van der Waals surface area contributed by atoms with Gasteiger partial charge in [0.2, 0.25) is 0 Å². The van der Waals surface area contributed by atoms with E-state index in [0.29, 0.717) is 13.2 Å². The molecule has 16 heavy (non-hydrogen) atoms. The van der Waals surface area contributed by atoms with Crippen LogP contribution in [-0.4, -0.2) is 13.2 Å². The van der Waals surface area contributed by atoms with Crippen LogP contribution in [0.2, 0.25) is 0 Å². The van der Waals surface area contributed by atoms with E-state index in [1.165, 1.54) is 5.56 Å². The molecule has 0 atom stereocenters. The van der Waals surface area contributed by atoms with Gasteiger partial charge in [-0.3, -0.25) is 0 Å². The molecule has 0 radical (unpaired) electrons. The monoisotopic (exact) mass is 331 g/mol. The van der Waals surface area contributed by atoms with Crippen molar-refractivity contribution in [2.45, 2.75) is 19.8 Å². The predicted molar refractivity (Wildman–Crippen MR) is 72.7 cm³/mol. The molecule has 0 aliphatic rings. The molecule has 0 saturated carbocycles. The highest BCUT2D eigenvalue weighted by molar-refractivity contribution is 14.1. The first-order chi connectivity index (χ1) is 7.77. The van der Waals surface area contributed by atoms with Gasteiger partial charge in [-0.2, -0.15) is 0 Å². The highest BCUT2D eigenvalue weighted by Gasteiger charge is 2.01. The third-order valence-corrected chi connectivity index (χ3v) is 2.93. The van der Waals surface area contributed by atoms with Gasteiger partial charge < -0.3 is 4.74 Å². The lowest BCUT2D eigenvalue weighted by Gasteiger charge is -2.07. The van der Waals surface area contributed by atoms with Crippen molar-refractivity contribution in [3.63, 3.8) is 0 Å². The second-order valence-corrected chi connectivity index (χ2v) is 4.42. The molecular formula is C11H14IN3O. The molecular weight excluding hydrogens is 317 g/mol. The predicted octanol–water partition coefficient (Wildman–Crippen LogP) is 3.93. The third kappa shape index (κ3) is 4.28. The minimum atomic E-state index is 0.556. The number of halogens is 1. The molecule has 0 fully saturated rings. The Kier molecular flexibility index (Phi) is 6.03. The number of nitrogens with zero attached hydrogens (tertiary/aromatic N) is 3. The van der Waals surface area contributed by atoms with Crippen LogP contribution in [0.3, 0.4) is 0 Å². The Morgan fingerprint density at radius 2 is 2.31 bits per heavy atom. The highest BCUT2D eigenvalue weighted by atomic mass is 127. The van der Waals surface area contributed by atoms with E-state index in [4.69, 9.17) is 10.3 Å². The maximum absolute atomic E-state index is 8.14. The fraction of sp³-hybridized carbons (Fsp3) is 0.455. The Morgan fingerprint density at radius 1 is 1.50 bits per heavy atom. The molecule has 86 valence electrons. The number of aryl methyl sites for hydroxylation is 1. The topological polar surface area (TPSA) is 58.0 Å². The summed E-state index contributed by atoms with van der Waals surface area (Å²) >= 11 is 2.27. The second-order valence-electron chi connectivity index (χ2n) is 3.26. The molecule has 1 aromatic carbocycles. The summed E-state index contributed by atoms with van der Waals surface area (Å²) < 4.78 is 6.59. The van der Waals surface area contributed by atoms with E-state index in [0.717, 1.165) is 22.2 Å². The smallest absolute Gasteiger partial charge is 0.132 e. The fourth-order valence-corrected chi connectivity index (χ4v) is 2.11. The van der Waals surface area contributed by atoms with Gasteiger partial charge >= 0.3 is 0 Å². The van der Waals surface area contributed by atoms with Crippen LogP contribution in [0, 0.1) is 3.57 Å². The molecule has 0 N–H and O–H groups in total. The summed E-state index contributed by atoms with van der Waals surface area (Å²) in [5, 5.41) is 3.51. The molecule has 1 aromatic rings. The maximum Gasteiger partial charge on any atom is 0.132 e. The summed E-state index contributed by atoms with van der Waals surface area (Å²) in [7, 11) is 0. The quantitative estimate of drug-likeness (QED) is 0.256. The van der Waals surface area contributed by atoms with E-state index < -0.39 is 0 Å². The van der Waals surface area contributed by atoms with Crippen molar-refractivity contribution in [3.8, 4) is 5.75 Å². The van der Waals surface area contributed by atoms with Gasteiger partial charge in [-0.15, -0.1) is 0 Å². The van der Waals surface area contributed by atoms with Gasteiger partial charge in [-0.05, 0) is 65.6 Å². The first kappa shape index (κ1) is 13.1. The zero-order valence-electron chi connectivity index (χ0n) is 9.19. The SMILES string of the molecule is CCOc1ccc(CCCN=[N+]=[N-])cc1I. The van der Waals surface area contributed by atoms with Crippen molar-refractivity contribution in [1.82, 2.24) is 0 Å². The zero-order chi connectivity index (χ0) is 11.8. The van der Waals surface area contributed by atoms with Crippen LogP contribution < -0.4 is 4.74 Å². The van der Waals surface area contributed by atoms with Crippen LogP contribution in [0.25, 0.3) is 10.4 Å². The summed E-state index contributed by atoms with van der Waals surface area (Å²) in [6.07, 6.45) is 1.82. The molecule has 0 spiro atoms. The summed E-state index contributed by atoms with van der Waals surface area (Å²) in [4.78, 5) is 2.73. The summed E-state index contributed by atoms with van der Waals surface area (Å²) in [5.74, 6) is 0.932.